The van der Waals surface area contributed by atoms with Gasteiger partial charge in [-0.1, -0.05) is 19.1 Å². The van der Waals surface area contributed by atoms with Gasteiger partial charge < -0.3 is 0 Å². The first kappa shape index (κ1) is 9.84. The van der Waals surface area contributed by atoms with Crippen LogP contribution < -0.4 is 0 Å². The van der Waals surface area contributed by atoms with Gasteiger partial charge >= 0.3 is 0 Å². The summed E-state index contributed by atoms with van der Waals surface area (Å²) in [5.41, 5.74) is 2.03. The van der Waals surface area contributed by atoms with Crippen molar-refractivity contribution in [1.29, 1.82) is 0 Å². The fourth-order valence-corrected chi connectivity index (χ4v) is 1.60. The molecule has 2 heteroatoms. The van der Waals surface area contributed by atoms with E-state index in [1.807, 2.05) is 37.3 Å². The second-order valence-electron chi connectivity index (χ2n) is 3.79. The number of hydrogen-bond acceptors (Lipinski definition) is 2. The first-order chi connectivity index (χ1) is 7.18. The molecule has 1 aromatic heterocycles. The van der Waals surface area contributed by atoms with Gasteiger partial charge in [0.1, 0.15) is 5.78 Å². The Kier molecular flexibility index (Phi) is 2.50. The van der Waals surface area contributed by atoms with Crippen LogP contribution in [0.15, 0.2) is 36.5 Å². The number of benzene rings is 1. The highest BCUT2D eigenvalue weighted by Crippen LogP contribution is 2.20. The van der Waals surface area contributed by atoms with Crippen molar-refractivity contribution in [2.24, 2.45) is 0 Å². The summed E-state index contributed by atoms with van der Waals surface area (Å²) in [5.74, 6) is 0.160. The maximum absolute atomic E-state index is 11.3. The van der Waals surface area contributed by atoms with Crippen LogP contribution in [-0.2, 0) is 4.79 Å². The van der Waals surface area contributed by atoms with Crippen LogP contribution in [0.25, 0.3) is 10.9 Å². The molecule has 1 atom stereocenters. The van der Waals surface area contributed by atoms with Crippen molar-refractivity contribution < 1.29 is 4.79 Å². The molecule has 0 radical (unpaired) electrons. The molecule has 76 valence electrons. The van der Waals surface area contributed by atoms with Gasteiger partial charge in [-0.2, -0.15) is 0 Å². The van der Waals surface area contributed by atoms with Crippen molar-refractivity contribution in [3.8, 4) is 0 Å². The standard InChI is InChI=1S/C13H13NO/c1-9(10(2)15)11-5-6-13-12(8-11)4-3-7-14-13/h3-9H,1-2H3. The molecule has 2 nitrogen and oxygen atoms in total. The maximum atomic E-state index is 11.3. The first-order valence-electron chi connectivity index (χ1n) is 5.03. The van der Waals surface area contributed by atoms with E-state index in [1.165, 1.54) is 0 Å². The number of aromatic nitrogens is 1. The van der Waals surface area contributed by atoms with Gasteiger partial charge in [0.2, 0.25) is 0 Å². The van der Waals surface area contributed by atoms with E-state index in [9.17, 15) is 4.79 Å². The van der Waals surface area contributed by atoms with Gasteiger partial charge in [-0.05, 0) is 30.7 Å². The molecular weight excluding hydrogens is 186 g/mol. The van der Waals surface area contributed by atoms with E-state index < -0.39 is 0 Å². The van der Waals surface area contributed by atoms with E-state index in [-0.39, 0.29) is 11.7 Å². The largest absolute Gasteiger partial charge is 0.299 e. The Labute approximate surface area is 89.0 Å². The highest BCUT2D eigenvalue weighted by atomic mass is 16.1. The average molecular weight is 199 g/mol. The molecule has 1 unspecified atom stereocenters. The number of hydrogen-bond donors (Lipinski definition) is 0. The lowest BCUT2D eigenvalue weighted by molar-refractivity contribution is -0.118. The summed E-state index contributed by atoms with van der Waals surface area (Å²) in [6, 6.07) is 9.89. The van der Waals surface area contributed by atoms with Crippen molar-refractivity contribution >= 4 is 16.7 Å². The smallest absolute Gasteiger partial charge is 0.136 e. The van der Waals surface area contributed by atoms with E-state index in [2.05, 4.69) is 4.98 Å². The predicted molar refractivity (Wildman–Crippen MR) is 60.8 cm³/mol. The van der Waals surface area contributed by atoms with Crippen molar-refractivity contribution in [1.82, 2.24) is 4.98 Å². The van der Waals surface area contributed by atoms with Crippen LogP contribution >= 0.6 is 0 Å². The quantitative estimate of drug-likeness (QED) is 0.744. The molecule has 0 aliphatic carbocycles. The minimum Gasteiger partial charge on any atom is -0.299 e. The van der Waals surface area contributed by atoms with Gasteiger partial charge in [0.15, 0.2) is 0 Å². The van der Waals surface area contributed by atoms with Gasteiger partial charge in [-0.25, -0.2) is 0 Å². The highest BCUT2D eigenvalue weighted by Gasteiger charge is 2.10. The summed E-state index contributed by atoms with van der Waals surface area (Å²) in [6.45, 7) is 3.55. The molecule has 2 aromatic rings. The fraction of sp³-hybridized carbons (Fsp3) is 0.231. The van der Waals surface area contributed by atoms with Crippen molar-refractivity contribution in [2.45, 2.75) is 19.8 Å². The topological polar surface area (TPSA) is 30.0 Å². The average Bonchev–Trinajstić information content (AvgIpc) is 2.27. The van der Waals surface area contributed by atoms with Gasteiger partial charge in [-0.3, -0.25) is 9.78 Å². The number of fused-ring (bicyclic) bond motifs is 1. The first-order valence-corrected chi connectivity index (χ1v) is 5.03. The lowest BCUT2D eigenvalue weighted by atomic mass is 9.96. The van der Waals surface area contributed by atoms with Crippen molar-refractivity contribution in [3.05, 3.63) is 42.1 Å². The Morgan fingerprint density at radius 2 is 2.13 bits per heavy atom. The number of carbonyl (C=O) groups is 1. The third-order valence-electron chi connectivity index (χ3n) is 2.74. The van der Waals surface area contributed by atoms with E-state index in [0.29, 0.717) is 0 Å². The number of pyridine rings is 1. The second kappa shape index (κ2) is 3.81. The maximum Gasteiger partial charge on any atom is 0.136 e. The molecule has 0 fully saturated rings. The van der Waals surface area contributed by atoms with Crippen LogP contribution in [0.4, 0.5) is 0 Å². The van der Waals surface area contributed by atoms with E-state index in [4.69, 9.17) is 0 Å². The van der Waals surface area contributed by atoms with Crippen molar-refractivity contribution in [3.63, 3.8) is 0 Å². The minimum absolute atomic E-state index is 0.0328. The molecule has 0 aliphatic heterocycles. The lowest BCUT2D eigenvalue weighted by Crippen LogP contribution is -2.03. The van der Waals surface area contributed by atoms with Crippen LogP contribution in [0.3, 0.4) is 0 Å². The third kappa shape index (κ3) is 1.89. The Hall–Kier alpha value is -1.70. The number of Topliss-reactive ketones (excluding diaryl/α,β-unsaturated/α-hetero) is 1. The van der Waals surface area contributed by atoms with Crippen LogP contribution in [-0.4, -0.2) is 10.8 Å². The number of nitrogens with zero attached hydrogens (tertiary/aromatic N) is 1. The lowest BCUT2D eigenvalue weighted by Gasteiger charge is -2.08. The summed E-state index contributed by atoms with van der Waals surface area (Å²) < 4.78 is 0. The van der Waals surface area contributed by atoms with E-state index in [1.54, 1.807) is 13.1 Å². The molecule has 0 saturated carbocycles. The van der Waals surface area contributed by atoms with E-state index >= 15 is 0 Å². The van der Waals surface area contributed by atoms with Gasteiger partial charge in [0.25, 0.3) is 0 Å². The number of rotatable bonds is 2. The van der Waals surface area contributed by atoms with Gasteiger partial charge in [0.05, 0.1) is 5.52 Å². The molecule has 0 spiro atoms. The van der Waals surface area contributed by atoms with Crippen LogP contribution in [0.1, 0.15) is 25.3 Å². The van der Waals surface area contributed by atoms with Crippen LogP contribution in [0, 0.1) is 0 Å². The highest BCUT2D eigenvalue weighted by molar-refractivity contribution is 5.85. The SMILES string of the molecule is CC(=O)C(C)c1ccc2ncccc2c1. The number of ketones is 1. The molecule has 0 saturated heterocycles. The number of carbonyl (C=O) groups excluding carboxylic acids is 1. The summed E-state index contributed by atoms with van der Waals surface area (Å²) in [6.07, 6.45) is 1.77. The molecule has 15 heavy (non-hydrogen) atoms. The third-order valence-corrected chi connectivity index (χ3v) is 2.74. The Bertz CT molecular complexity index is 505. The molecule has 0 amide bonds. The zero-order valence-electron chi connectivity index (χ0n) is 8.90. The fourth-order valence-electron chi connectivity index (χ4n) is 1.60. The zero-order valence-corrected chi connectivity index (χ0v) is 8.90. The van der Waals surface area contributed by atoms with E-state index in [0.717, 1.165) is 16.5 Å². The molecule has 1 heterocycles. The van der Waals surface area contributed by atoms with Crippen molar-refractivity contribution in [2.75, 3.05) is 0 Å². The predicted octanol–water partition coefficient (Wildman–Crippen LogP) is 2.93. The Morgan fingerprint density at radius 3 is 2.87 bits per heavy atom. The summed E-state index contributed by atoms with van der Waals surface area (Å²) in [7, 11) is 0. The summed E-state index contributed by atoms with van der Waals surface area (Å²) in [4.78, 5) is 15.5. The molecule has 0 N–H and O–H groups in total. The van der Waals surface area contributed by atoms with Crippen LogP contribution in [0.2, 0.25) is 0 Å². The summed E-state index contributed by atoms with van der Waals surface area (Å²) in [5, 5.41) is 1.09. The molecule has 0 bridgehead atoms. The molecule has 0 aliphatic rings. The monoisotopic (exact) mass is 199 g/mol. The normalized spacial score (nSPS) is 12.7. The molecule has 1 aromatic carbocycles. The van der Waals surface area contributed by atoms with Gasteiger partial charge in [-0.15, -0.1) is 0 Å². The Morgan fingerprint density at radius 1 is 1.33 bits per heavy atom. The summed E-state index contributed by atoms with van der Waals surface area (Å²) >= 11 is 0. The minimum atomic E-state index is -0.0328. The van der Waals surface area contributed by atoms with Gasteiger partial charge in [0, 0.05) is 17.5 Å². The molecular formula is C13H13NO. The van der Waals surface area contributed by atoms with Crippen LogP contribution in [0.5, 0.6) is 0 Å². The molecule has 2 rings (SSSR count). The Balaban J connectivity index is 2.51. The zero-order chi connectivity index (χ0) is 10.8. The second-order valence-corrected chi connectivity index (χ2v) is 3.79.